The van der Waals surface area contributed by atoms with Crippen molar-refractivity contribution in [1.29, 1.82) is 0 Å². The van der Waals surface area contributed by atoms with Gasteiger partial charge in [0.05, 0.1) is 0 Å². The lowest BCUT2D eigenvalue weighted by Crippen LogP contribution is -2.32. The summed E-state index contributed by atoms with van der Waals surface area (Å²) in [6.07, 6.45) is 5.01. The van der Waals surface area contributed by atoms with Crippen molar-refractivity contribution in [3.8, 4) is 0 Å². The van der Waals surface area contributed by atoms with Gasteiger partial charge >= 0.3 is 0 Å². The van der Waals surface area contributed by atoms with Crippen LogP contribution in [0.3, 0.4) is 0 Å². The van der Waals surface area contributed by atoms with Gasteiger partial charge in [-0.3, -0.25) is 4.79 Å². The molecule has 0 saturated carbocycles. The summed E-state index contributed by atoms with van der Waals surface area (Å²) in [6, 6.07) is 0. The number of nitrogens with zero attached hydrogens (tertiary/aromatic N) is 1. The lowest BCUT2D eigenvalue weighted by Gasteiger charge is -2.21. The molecule has 92 valence electrons. The smallest absolute Gasteiger partial charge is 0.222 e. The highest BCUT2D eigenvalue weighted by Crippen LogP contribution is 2.02. The second-order valence-electron chi connectivity index (χ2n) is 3.48. The summed E-state index contributed by atoms with van der Waals surface area (Å²) in [5, 5.41) is 0. The molecule has 2 nitrogen and oxygen atoms in total. The van der Waals surface area contributed by atoms with Crippen LogP contribution in [0.4, 0.5) is 0 Å². The van der Waals surface area contributed by atoms with E-state index in [4.69, 9.17) is 0 Å². The van der Waals surface area contributed by atoms with Gasteiger partial charge in [0.25, 0.3) is 0 Å². The number of carbonyl (C=O) groups is 1. The molecular formula is C13H29NO. The first-order valence-corrected chi connectivity index (χ1v) is 6.54. The van der Waals surface area contributed by atoms with E-state index in [1.807, 2.05) is 18.7 Å². The van der Waals surface area contributed by atoms with E-state index in [2.05, 4.69) is 20.8 Å². The molecular weight excluding hydrogens is 186 g/mol. The molecule has 0 unspecified atom stereocenters. The SMILES string of the molecule is CC.CCCCC(=O)N(CCC)CCC. The standard InChI is InChI=1S/C11H23NO.C2H6/c1-4-7-8-11(13)12(9-5-2)10-6-3;1-2/h4-10H2,1-3H3;1-2H3. The van der Waals surface area contributed by atoms with Crippen molar-refractivity contribution in [3.05, 3.63) is 0 Å². The predicted molar refractivity (Wildman–Crippen MR) is 68.0 cm³/mol. The van der Waals surface area contributed by atoms with E-state index in [0.29, 0.717) is 5.91 Å². The molecule has 0 saturated heterocycles. The van der Waals surface area contributed by atoms with Crippen LogP contribution in [-0.2, 0) is 4.79 Å². The summed E-state index contributed by atoms with van der Waals surface area (Å²) in [7, 11) is 0. The Morgan fingerprint density at radius 3 is 1.73 bits per heavy atom. The van der Waals surface area contributed by atoms with E-state index in [1.54, 1.807) is 0 Å². The maximum atomic E-state index is 11.6. The van der Waals surface area contributed by atoms with Gasteiger partial charge in [-0.1, -0.05) is 41.0 Å². The lowest BCUT2D eigenvalue weighted by atomic mass is 10.2. The van der Waals surface area contributed by atoms with Crippen LogP contribution in [-0.4, -0.2) is 23.9 Å². The molecule has 0 fully saturated rings. The molecule has 0 radical (unpaired) electrons. The van der Waals surface area contributed by atoms with Gasteiger partial charge in [0.2, 0.25) is 5.91 Å². The quantitative estimate of drug-likeness (QED) is 0.631. The number of hydrogen-bond acceptors (Lipinski definition) is 1. The third-order valence-corrected chi connectivity index (χ3v) is 2.08. The van der Waals surface area contributed by atoms with Crippen LogP contribution in [0.1, 0.15) is 66.7 Å². The van der Waals surface area contributed by atoms with Crippen molar-refractivity contribution in [2.45, 2.75) is 66.7 Å². The normalized spacial score (nSPS) is 9.13. The van der Waals surface area contributed by atoms with Crippen molar-refractivity contribution >= 4 is 5.91 Å². The van der Waals surface area contributed by atoms with Gasteiger partial charge in [-0.2, -0.15) is 0 Å². The zero-order chi connectivity index (χ0) is 12.1. The summed E-state index contributed by atoms with van der Waals surface area (Å²) in [6.45, 7) is 12.2. The van der Waals surface area contributed by atoms with E-state index >= 15 is 0 Å². The Kier molecular flexibility index (Phi) is 15.2. The molecule has 0 spiro atoms. The minimum atomic E-state index is 0.338. The third kappa shape index (κ3) is 9.77. The molecule has 0 aromatic carbocycles. The maximum absolute atomic E-state index is 11.6. The highest BCUT2D eigenvalue weighted by molar-refractivity contribution is 5.76. The molecule has 0 aliphatic rings. The Balaban J connectivity index is 0. The molecule has 0 heterocycles. The van der Waals surface area contributed by atoms with Crippen molar-refractivity contribution in [1.82, 2.24) is 4.90 Å². The van der Waals surface area contributed by atoms with E-state index in [0.717, 1.165) is 45.2 Å². The van der Waals surface area contributed by atoms with E-state index in [-0.39, 0.29) is 0 Å². The number of amides is 1. The van der Waals surface area contributed by atoms with Crippen LogP contribution in [0.5, 0.6) is 0 Å². The molecule has 0 bridgehead atoms. The monoisotopic (exact) mass is 215 g/mol. The van der Waals surface area contributed by atoms with Gasteiger partial charge in [0.1, 0.15) is 0 Å². The maximum Gasteiger partial charge on any atom is 0.222 e. The number of rotatable bonds is 7. The fourth-order valence-electron chi connectivity index (χ4n) is 1.39. The summed E-state index contributed by atoms with van der Waals surface area (Å²) in [4.78, 5) is 13.6. The Morgan fingerprint density at radius 1 is 0.933 bits per heavy atom. The van der Waals surface area contributed by atoms with E-state index < -0.39 is 0 Å². The van der Waals surface area contributed by atoms with Gasteiger partial charge in [0, 0.05) is 19.5 Å². The molecule has 15 heavy (non-hydrogen) atoms. The van der Waals surface area contributed by atoms with Crippen molar-refractivity contribution in [3.63, 3.8) is 0 Å². The minimum Gasteiger partial charge on any atom is -0.343 e. The van der Waals surface area contributed by atoms with Crippen LogP contribution >= 0.6 is 0 Å². The Hall–Kier alpha value is -0.530. The molecule has 0 N–H and O–H groups in total. The summed E-state index contributed by atoms with van der Waals surface area (Å²) < 4.78 is 0. The van der Waals surface area contributed by atoms with Gasteiger partial charge in [-0.05, 0) is 19.3 Å². The number of carbonyl (C=O) groups excluding carboxylic acids is 1. The van der Waals surface area contributed by atoms with Crippen molar-refractivity contribution in [2.75, 3.05) is 13.1 Å². The fraction of sp³-hybridized carbons (Fsp3) is 0.923. The Morgan fingerprint density at radius 2 is 1.40 bits per heavy atom. The van der Waals surface area contributed by atoms with Gasteiger partial charge in [-0.25, -0.2) is 0 Å². The third-order valence-electron chi connectivity index (χ3n) is 2.08. The molecule has 0 aromatic rings. The summed E-state index contributed by atoms with van der Waals surface area (Å²) in [5.41, 5.74) is 0. The van der Waals surface area contributed by atoms with E-state index in [1.165, 1.54) is 0 Å². The molecule has 0 atom stereocenters. The van der Waals surface area contributed by atoms with Crippen molar-refractivity contribution in [2.24, 2.45) is 0 Å². The zero-order valence-electron chi connectivity index (χ0n) is 11.3. The summed E-state index contributed by atoms with van der Waals surface area (Å²) in [5.74, 6) is 0.338. The highest BCUT2D eigenvalue weighted by atomic mass is 16.2. The lowest BCUT2D eigenvalue weighted by molar-refractivity contribution is -0.131. The van der Waals surface area contributed by atoms with Crippen LogP contribution < -0.4 is 0 Å². The first-order chi connectivity index (χ1) is 7.26. The van der Waals surface area contributed by atoms with Gasteiger partial charge in [-0.15, -0.1) is 0 Å². The first-order valence-electron chi connectivity index (χ1n) is 6.54. The number of unbranched alkanes of at least 4 members (excludes halogenated alkanes) is 1. The predicted octanol–water partition coefficient (Wildman–Crippen LogP) is 3.85. The molecule has 0 aliphatic heterocycles. The summed E-state index contributed by atoms with van der Waals surface area (Å²) >= 11 is 0. The van der Waals surface area contributed by atoms with Crippen LogP contribution in [0.15, 0.2) is 0 Å². The molecule has 0 aliphatic carbocycles. The second kappa shape index (κ2) is 13.5. The molecule has 0 aromatic heterocycles. The van der Waals surface area contributed by atoms with Crippen LogP contribution in [0, 0.1) is 0 Å². The highest BCUT2D eigenvalue weighted by Gasteiger charge is 2.09. The fourth-order valence-corrected chi connectivity index (χ4v) is 1.39. The van der Waals surface area contributed by atoms with Crippen LogP contribution in [0.2, 0.25) is 0 Å². The van der Waals surface area contributed by atoms with Gasteiger partial charge < -0.3 is 4.90 Å². The minimum absolute atomic E-state index is 0.338. The topological polar surface area (TPSA) is 20.3 Å². The average Bonchev–Trinajstić information content (AvgIpc) is 2.28. The Labute approximate surface area is 96.0 Å². The van der Waals surface area contributed by atoms with Gasteiger partial charge in [0.15, 0.2) is 0 Å². The second-order valence-corrected chi connectivity index (χ2v) is 3.48. The Bertz CT molecular complexity index is 128. The molecule has 1 amide bonds. The van der Waals surface area contributed by atoms with E-state index in [9.17, 15) is 4.79 Å². The largest absolute Gasteiger partial charge is 0.343 e. The first kappa shape index (κ1) is 16.9. The van der Waals surface area contributed by atoms with Crippen LogP contribution in [0.25, 0.3) is 0 Å². The molecule has 2 heteroatoms. The zero-order valence-corrected chi connectivity index (χ0v) is 11.3. The van der Waals surface area contributed by atoms with Crippen molar-refractivity contribution < 1.29 is 4.79 Å². The average molecular weight is 215 g/mol. The molecule has 0 rings (SSSR count). The number of hydrogen-bond donors (Lipinski definition) is 0.